The molecule has 0 aliphatic heterocycles. The van der Waals surface area contributed by atoms with E-state index in [4.69, 9.17) is 4.74 Å². The Morgan fingerprint density at radius 3 is 2.52 bits per heavy atom. The minimum Gasteiger partial charge on any atom is -0.444 e. The molecule has 1 fully saturated rings. The van der Waals surface area contributed by atoms with E-state index in [1.54, 1.807) is 26.8 Å². The van der Waals surface area contributed by atoms with E-state index in [2.05, 4.69) is 26.6 Å². The van der Waals surface area contributed by atoms with Crippen LogP contribution in [0.15, 0.2) is 22.7 Å². The van der Waals surface area contributed by atoms with Gasteiger partial charge in [-0.15, -0.1) is 0 Å². The summed E-state index contributed by atoms with van der Waals surface area (Å²) in [6, 6.07) is 4.25. The molecule has 0 aromatic heterocycles. The van der Waals surface area contributed by atoms with Gasteiger partial charge in [-0.2, -0.15) is 0 Å². The maximum atomic E-state index is 13.9. The molecule has 25 heavy (non-hydrogen) atoms. The van der Waals surface area contributed by atoms with E-state index in [1.807, 2.05) is 0 Å². The SMILES string of the molecule is CC(C)(C)OC(=O)NCC1(NC(=O)c2cc(Br)ccc2F)CCCC1. The Morgan fingerprint density at radius 2 is 1.92 bits per heavy atom. The summed E-state index contributed by atoms with van der Waals surface area (Å²) in [5.41, 5.74) is -1.18. The van der Waals surface area contributed by atoms with Crippen LogP contribution in [0.3, 0.4) is 0 Å². The number of carbonyl (C=O) groups excluding carboxylic acids is 2. The van der Waals surface area contributed by atoms with Gasteiger partial charge < -0.3 is 15.4 Å². The minimum absolute atomic E-state index is 0.0158. The fourth-order valence-corrected chi connectivity index (χ4v) is 3.29. The Bertz CT molecular complexity index is 652. The van der Waals surface area contributed by atoms with Crippen LogP contribution in [-0.4, -0.2) is 29.7 Å². The molecule has 0 heterocycles. The Balaban J connectivity index is 2.05. The van der Waals surface area contributed by atoms with Gasteiger partial charge in [0.05, 0.1) is 11.1 Å². The molecule has 0 spiro atoms. The van der Waals surface area contributed by atoms with E-state index in [0.717, 1.165) is 25.7 Å². The van der Waals surface area contributed by atoms with Gasteiger partial charge in [-0.3, -0.25) is 4.79 Å². The quantitative estimate of drug-likeness (QED) is 0.776. The molecular weight excluding hydrogens is 391 g/mol. The van der Waals surface area contributed by atoms with Gasteiger partial charge in [0, 0.05) is 11.0 Å². The molecule has 1 aromatic rings. The summed E-state index contributed by atoms with van der Waals surface area (Å²) < 4.78 is 19.8. The second-order valence-electron chi connectivity index (χ2n) is 7.42. The van der Waals surface area contributed by atoms with Crippen molar-refractivity contribution in [3.63, 3.8) is 0 Å². The van der Waals surface area contributed by atoms with E-state index in [0.29, 0.717) is 4.47 Å². The third kappa shape index (κ3) is 5.70. The number of rotatable bonds is 4. The molecule has 0 saturated heterocycles. The Morgan fingerprint density at radius 1 is 1.28 bits per heavy atom. The number of amides is 2. The number of benzene rings is 1. The number of halogens is 2. The largest absolute Gasteiger partial charge is 0.444 e. The maximum Gasteiger partial charge on any atom is 0.407 e. The van der Waals surface area contributed by atoms with E-state index >= 15 is 0 Å². The maximum absolute atomic E-state index is 13.9. The predicted octanol–water partition coefficient (Wildman–Crippen LogP) is 4.16. The number of ether oxygens (including phenoxy) is 1. The molecule has 2 amide bonds. The second-order valence-corrected chi connectivity index (χ2v) is 8.34. The summed E-state index contributed by atoms with van der Waals surface area (Å²) in [5.74, 6) is -1.05. The van der Waals surface area contributed by atoms with E-state index < -0.39 is 29.0 Å². The average Bonchev–Trinajstić information content (AvgIpc) is 2.95. The van der Waals surface area contributed by atoms with Gasteiger partial charge in [0.15, 0.2) is 0 Å². The molecular formula is C18H24BrFN2O3. The highest BCUT2D eigenvalue weighted by atomic mass is 79.9. The second kappa shape index (κ2) is 7.72. The lowest BCUT2D eigenvalue weighted by molar-refractivity contribution is 0.0504. The van der Waals surface area contributed by atoms with Crippen molar-refractivity contribution in [2.75, 3.05) is 6.54 Å². The summed E-state index contributed by atoms with van der Waals surface area (Å²) in [5, 5.41) is 5.65. The van der Waals surface area contributed by atoms with Crippen molar-refractivity contribution < 1.29 is 18.7 Å². The molecule has 1 aromatic carbocycles. The summed E-state index contributed by atoms with van der Waals surface area (Å²) >= 11 is 3.25. The molecule has 1 saturated carbocycles. The van der Waals surface area contributed by atoms with Gasteiger partial charge in [-0.05, 0) is 51.8 Å². The number of hydrogen-bond acceptors (Lipinski definition) is 3. The van der Waals surface area contributed by atoms with Crippen LogP contribution >= 0.6 is 15.9 Å². The summed E-state index contributed by atoms with van der Waals surface area (Å²) in [4.78, 5) is 24.4. The van der Waals surface area contributed by atoms with Crippen molar-refractivity contribution in [2.45, 2.75) is 57.6 Å². The lowest BCUT2D eigenvalue weighted by Crippen LogP contribution is -2.54. The number of alkyl carbamates (subject to hydrolysis) is 1. The van der Waals surface area contributed by atoms with E-state index in [1.165, 1.54) is 12.1 Å². The van der Waals surface area contributed by atoms with E-state index in [9.17, 15) is 14.0 Å². The summed E-state index contributed by atoms with van der Waals surface area (Å²) in [6.07, 6.45) is 2.81. The predicted molar refractivity (Wildman–Crippen MR) is 97.0 cm³/mol. The average molecular weight is 415 g/mol. The standard InChI is InChI=1S/C18H24BrFN2O3/c1-17(2,3)25-16(24)21-11-18(8-4-5-9-18)22-15(23)13-10-12(19)6-7-14(13)20/h6-7,10H,4-5,8-9,11H2,1-3H3,(H,21,24)(H,22,23). The van der Waals surface area contributed by atoms with Crippen LogP contribution in [0.4, 0.5) is 9.18 Å². The van der Waals surface area contributed by atoms with E-state index in [-0.39, 0.29) is 12.1 Å². The van der Waals surface area contributed by atoms with Crippen LogP contribution in [0.5, 0.6) is 0 Å². The normalized spacial score (nSPS) is 16.4. The van der Waals surface area contributed by atoms with Crippen molar-refractivity contribution in [2.24, 2.45) is 0 Å². The van der Waals surface area contributed by atoms with Crippen LogP contribution in [0.2, 0.25) is 0 Å². The van der Waals surface area contributed by atoms with Crippen LogP contribution < -0.4 is 10.6 Å². The van der Waals surface area contributed by atoms with Crippen LogP contribution in [0, 0.1) is 5.82 Å². The van der Waals surface area contributed by atoms with Crippen LogP contribution in [0.1, 0.15) is 56.8 Å². The zero-order valence-electron chi connectivity index (χ0n) is 14.7. The van der Waals surface area contributed by atoms with Crippen molar-refractivity contribution >= 4 is 27.9 Å². The molecule has 0 atom stereocenters. The van der Waals surface area contributed by atoms with Gasteiger partial charge in [-0.1, -0.05) is 28.8 Å². The van der Waals surface area contributed by atoms with Gasteiger partial charge in [0.1, 0.15) is 11.4 Å². The molecule has 138 valence electrons. The van der Waals surface area contributed by atoms with Crippen LogP contribution in [0.25, 0.3) is 0 Å². The summed E-state index contributed by atoms with van der Waals surface area (Å²) in [7, 11) is 0. The van der Waals surface area contributed by atoms with Crippen molar-refractivity contribution in [1.29, 1.82) is 0 Å². The van der Waals surface area contributed by atoms with Crippen molar-refractivity contribution in [1.82, 2.24) is 10.6 Å². The molecule has 2 rings (SSSR count). The Kier molecular flexibility index (Phi) is 6.08. The Hall–Kier alpha value is -1.63. The molecule has 5 nitrogen and oxygen atoms in total. The van der Waals surface area contributed by atoms with Crippen LogP contribution in [-0.2, 0) is 4.74 Å². The topological polar surface area (TPSA) is 67.4 Å². The Labute approximate surface area is 155 Å². The molecule has 1 aliphatic carbocycles. The zero-order chi connectivity index (χ0) is 18.7. The van der Waals surface area contributed by atoms with Crippen molar-refractivity contribution in [3.05, 3.63) is 34.1 Å². The number of hydrogen-bond donors (Lipinski definition) is 2. The highest BCUT2D eigenvalue weighted by Crippen LogP contribution is 2.30. The first-order valence-corrected chi connectivity index (χ1v) is 9.14. The van der Waals surface area contributed by atoms with Crippen molar-refractivity contribution in [3.8, 4) is 0 Å². The smallest absolute Gasteiger partial charge is 0.407 e. The van der Waals surface area contributed by atoms with Gasteiger partial charge in [0.25, 0.3) is 5.91 Å². The lowest BCUT2D eigenvalue weighted by Gasteiger charge is -2.31. The first kappa shape index (κ1) is 19.7. The highest BCUT2D eigenvalue weighted by molar-refractivity contribution is 9.10. The number of carbonyl (C=O) groups is 2. The van der Waals surface area contributed by atoms with Gasteiger partial charge in [0.2, 0.25) is 0 Å². The molecule has 1 aliphatic rings. The molecule has 7 heteroatoms. The summed E-state index contributed by atoms with van der Waals surface area (Å²) in [6.45, 7) is 5.62. The molecule has 0 bridgehead atoms. The zero-order valence-corrected chi connectivity index (χ0v) is 16.3. The first-order valence-electron chi connectivity index (χ1n) is 8.35. The first-order chi connectivity index (χ1) is 11.6. The lowest BCUT2D eigenvalue weighted by atomic mass is 9.96. The fraction of sp³-hybridized carbons (Fsp3) is 0.556. The van der Waals surface area contributed by atoms with Gasteiger partial charge >= 0.3 is 6.09 Å². The third-order valence-corrected chi connectivity index (χ3v) is 4.58. The highest BCUT2D eigenvalue weighted by Gasteiger charge is 2.36. The number of nitrogens with one attached hydrogen (secondary N) is 2. The molecule has 0 radical (unpaired) electrons. The monoisotopic (exact) mass is 414 g/mol. The van der Waals surface area contributed by atoms with Gasteiger partial charge in [-0.25, -0.2) is 9.18 Å². The minimum atomic E-state index is -0.588. The fourth-order valence-electron chi connectivity index (χ4n) is 2.93. The molecule has 0 unspecified atom stereocenters. The molecule has 2 N–H and O–H groups in total. The third-order valence-electron chi connectivity index (χ3n) is 4.08.